The van der Waals surface area contributed by atoms with Gasteiger partial charge in [-0.3, -0.25) is 4.68 Å². The summed E-state index contributed by atoms with van der Waals surface area (Å²) in [6.07, 6.45) is 6.33. The van der Waals surface area contributed by atoms with Gasteiger partial charge in [0.1, 0.15) is 6.10 Å². The fourth-order valence-corrected chi connectivity index (χ4v) is 2.20. The van der Waals surface area contributed by atoms with Crippen molar-refractivity contribution in [1.82, 2.24) is 9.78 Å². The Bertz CT molecular complexity index is 281. The topological polar surface area (TPSA) is 27.1 Å². The molecular weight excluding hydrogens is 232 g/mol. The van der Waals surface area contributed by atoms with Gasteiger partial charge in [0, 0.05) is 11.4 Å². The van der Waals surface area contributed by atoms with E-state index < -0.39 is 0 Å². The average molecular weight is 245 g/mol. The van der Waals surface area contributed by atoms with Gasteiger partial charge in [-0.15, -0.1) is 0 Å². The molecular formula is C9H13BrN2O. The number of ether oxygens (including phenoxy) is 1. The molecule has 0 spiro atoms. The Morgan fingerprint density at radius 1 is 1.69 bits per heavy atom. The number of hydrogen-bond acceptors (Lipinski definition) is 2. The maximum absolute atomic E-state index is 5.69. The molecule has 72 valence electrons. The molecule has 2 rings (SSSR count). The minimum atomic E-state index is 0.388. The van der Waals surface area contributed by atoms with Gasteiger partial charge in [0.05, 0.1) is 12.4 Å². The SMILES string of the molecule is CCn1cc(OC2CC(Br)C2)cn1. The van der Waals surface area contributed by atoms with Crippen molar-refractivity contribution < 1.29 is 4.74 Å². The molecule has 1 aliphatic rings. The quantitative estimate of drug-likeness (QED) is 0.763. The summed E-state index contributed by atoms with van der Waals surface area (Å²) >= 11 is 3.53. The molecule has 3 nitrogen and oxygen atoms in total. The van der Waals surface area contributed by atoms with Gasteiger partial charge in [0.15, 0.2) is 5.75 Å². The van der Waals surface area contributed by atoms with Gasteiger partial charge in [-0.25, -0.2) is 0 Å². The van der Waals surface area contributed by atoms with E-state index in [1.807, 2.05) is 10.9 Å². The summed E-state index contributed by atoms with van der Waals surface area (Å²) in [5.41, 5.74) is 0. The van der Waals surface area contributed by atoms with Crippen LogP contribution in [0.15, 0.2) is 12.4 Å². The number of nitrogens with zero attached hydrogens (tertiary/aromatic N) is 2. The largest absolute Gasteiger partial charge is 0.487 e. The van der Waals surface area contributed by atoms with E-state index in [0.29, 0.717) is 10.9 Å². The second kappa shape index (κ2) is 3.70. The zero-order valence-electron chi connectivity index (χ0n) is 7.61. The summed E-state index contributed by atoms with van der Waals surface area (Å²) in [6.45, 7) is 2.96. The minimum Gasteiger partial charge on any atom is -0.487 e. The average Bonchev–Trinajstić information content (AvgIpc) is 2.50. The standard InChI is InChI=1S/C9H13BrN2O/c1-2-12-6-9(5-11-12)13-8-3-7(10)4-8/h5-8H,2-4H2,1H3. The summed E-state index contributed by atoms with van der Waals surface area (Å²) in [5.74, 6) is 0.895. The van der Waals surface area contributed by atoms with Gasteiger partial charge in [-0.05, 0) is 19.8 Å². The predicted octanol–water partition coefficient (Wildman–Crippen LogP) is 2.21. The fourth-order valence-electron chi connectivity index (χ4n) is 1.37. The maximum atomic E-state index is 5.69. The van der Waals surface area contributed by atoms with Gasteiger partial charge in [-0.2, -0.15) is 5.10 Å². The van der Waals surface area contributed by atoms with Crippen molar-refractivity contribution in [3.8, 4) is 5.75 Å². The van der Waals surface area contributed by atoms with Crippen LogP contribution in [0.2, 0.25) is 0 Å². The van der Waals surface area contributed by atoms with Crippen LogP contribution < -0.4 is 4.74 Å². The lowest BCUT2D eigenvalue weighted by Crippen LogP contribution is -2.33. The monoisotopic (exact) mass is 244 g/mol. The second-order valence-electron chi connectivity index (χ2n) is 3.34. The highest BCUT2D eigenvalue weighted by atomic mass is 79.9. The molecule has 1 aromatic heterocycles. The van der Waals surface area contributed by atoms with Crippen LogP contribution in [0.1, 0.15) is 19.8 Å². The molecule has 1 saturated carbocycles. The van der Waals surface area contributed by atoms with E-state index in [4.69, 9.17) is 4.74 Å². The number of aryl methyl sites for hydroxylation is 1. The predicted molar refractivity (Wildman–Crippen MR) is 54.3 cm³/mol. The number of rotatable bonds is 3. The molecule has 4 heteroatoms. The van der Waals surface area contributed by atoms with Gasteiger partial charge in [-0.1, -0.05) is 15.9 Å². The molecule has 0 saturated heterocycles. The molecule has 1 heterocycles. The first-order chi connectivity index (χ1) is 6.28. The third-order valence-electron chi connectivity index (χ3n) is 2.27. The Morgan fingerprint density at radius 2 is 2.46 bits per heavy atom. The van der Waals surface area contributed by atoms with Crippen LogP contribution in [0, 0.1) is 0 Å². The van der Waals surface area contributed by atoms with E-state index >= 15 is 0 Å². The van der Waals surface area contributed by atoms with Crippen molar-refractivity contribution in [3.05, 3.63) is 12.4 Å². The van der Waals surface area contributed by atoms with E-state index in [9.17, 15) is 0 Å². The van der Waals surface area contributed by atoms with Gasteiger partial charge in [0.25, 0.3) is 0 Å². The first-order valence-electron chi connectivity index (χ1n) is 4.61. The maximum Gasteiger partial charge on any atom is 0.157 e. The highest BCUT2D eigenvalue weighted by Crippen LogP contribution is 2.30. The minimum absolute atomic E-state index is 0.388. The Morgan fingerprint density at radius 3 is 3.00 bits per heavy atom. The molecule has 0 aliphatic heterocycles. The van der Waals surface area contributed by atoms with Gasteiger partial charge >= 0.3 is 0 Å². The van der Waals surface area contributed by atoms with E-state index in [1.165, 1.54) is 0 Å². The zero-order chi connectivity index (χ0) is 9.26. The molecule has 1 fully saturated rings. The molecule has 0 aromatic carbocycles. The van der Waals surface area contributed by atoms with Gasteiger partial charge < -0.3 is 4.74 Å². The lowest BCUT2D eigenvalue weighted by Gasteiger charge is -2.30. The van der Waals surface area contributed by atoms with E-state index in [2.05, 4.69) is 28.0 Å². The van der Waals surface area contributed by atoms with E-state index in [1.54, 1.807) is 6.20 Å². The molecule has 13 heavy (non-hydrogen) atoms. The van der Waals surface area contributed by atoms with Crippen molar-refractivity contribution in [1.29, 1.82) is 0 Å². The first kappa shape index (κ1) is 9.06. The summed E-state index contributed by atoms with van der Waals surface area (Å²) in [7, 11) is 0. The smallest absolute Gasteiger partial charge is 0.157 e. The zero-order valence-corrected chi connectivity index (χ0v) is 9.20. The van der Waals surface area contributed by atoms with Crippen molar-refractivity contribution in [2.24, 2.45) is 0 Å². The van der Waals surface area contributed by atoms with Crippen LogP contribution in [-0.4, -0.2) is 20.7 Å². The summed E-state index contributed by atoms with van der Waals surface area (Å²) in [6, 6.07) is 0. The van der Waals surface area contributed by atoms with Crippen molar-refractivity contribution >= 4 is 15.9 Å². The molecule has 0 radical (unpaired) electrons. The van der Waals surface area contributed by atoms with E-state index in [0.717, 1.165) is 25.1 Å². The lowest BCUT2D eigenvalue weighted by molar-refractivity contribution is 0.128. The van der Waals surface area contributed by atoms with Gasteiger partial charge in [0.2, 0.25) is 0 Å². The molecule has 0 unspecified atom stereocenters. The Kier molecular flexibility index (Phi) is 2.58. The Hall–Kier alpha value is -0.510. The van der Waals surface area contributed by atoms with Crippen molar-refractivity contribution in [2.75, 3.05) is 0 Å². The molecule has 1 aromatic rings. The van der Waals surface area contributed by atoms with Crippen LogP contribution in [0.25, 0.3) is 0 Å². The molecule has 1 aliphatic carbocycles. The summed E-state index contributed by atoms with van der Waals surface area (Å²) in [4.78, 5) is 0.652. The fraction of sp³-hybridized carbons (Fsp3) is 0.667. The molecule has 0 N–H and O–H groups in total. The van der Waals surface area contributed by atoms with Crippen LogP contribution >= 0.6 is 15.9 Å². The normalized spacial score (nSPS) is 26.9. The number of aromatic nitrogens is 2. The lowest BCUT2D eigenvalue weighted by atomic mass is 9.96. The third kappa shape index (κ3) is 2.05. The highest BCUT2D eigenvalue weighted by Gasteiger charge is 2.28. The number of hydrogen-bond donors (Lipinski definition) is 0. The first-order valence-corrected chi connectivity index (χ1v) is 5.52. The summed E-state index contributed by atoms with van der Waals surface area (Å²) < 4.78 is 7.56. The summed E-state index contributed by atoms with van der Waals surface area (Å²) in [5, 5.41) is 4.15. The highest BCUT2D eigenvalue weighted by molar-refractivity contribution is 9.09. The van der Waals surface area contributed by atoms with Crippen LogP contribution in [-0.2, 0) is 6.54 Å². The van der Waals surface area contributed by atoms with E-state index in [-0.39, 0.29) is 0 Å². The Balaban J connectivity index is 1.87. The number of alkyl halides is 1. The second-order valence-corrected chi connectivity index (χ2v) is 4.64. The molecule has 0 amide bonds. The van der Waals surface area contributed by atoms with Crippen LogP contribution in [0.3, 0.4) is 0 Å². The molecule has 0 bridgehead atoms. The third-order valence-corrected chi connectivity index (χ3v) is 3.02. The Labute approximate surface area is 86.2 Å². The van der Waals surface area contributed by atoms with Crippen molar-refractivity contribution in [3.63, 3.8) is 0 Å². The number of halogens is 1. The van der Waals surface area contributed by atoms with Crippen LogP contribution in [0.4, 0.5) is 0 Å². The van der Waals surface area contributed by atoms with Crippen LogP contribution in [0.5, 0.6) is 5.75 Å². The molecule has 0 atom stereocenters. The van der Waals surface area contributed by atoms with Crippen molar-refractivity contribution in [2.45, 2.75) is 37.2 Å².